The van der Waals surface area contributed by atoms with Gasteiger partial charge in [-0.1, -0.05) is 24.3 Å². The van der Waals surface area contributed by atoms with Crippen molar-refractivity contribution in [3.05, 3.63) is 53.8 Å². The number of amides is 1. The zero-order valence-electron chi connectivity index (χ0n) is 18.7. The van der Waals surface area contributed by atoms with Crippen LogP contribution in [0.5, 0.6) is 5.75 Å². The summed E-state index contributed by atoms with van der Waals surface area (Å²) in [5.41, 5.74) is 2.22. The Bertz CT molecular complexity index is 903. The maximum atomic E-state index is 13.8. The van der Waals surface area contributed by atoms with Crippen LogP contribution >= 0.6 is 0 Å². The third-order valence-corrected chi connectivity index (χ3v) is 6.71. The number of halogens is 1. The van der Waals surface area contributed by atoms with E-state index in [1.54, 1.807) is 13.2 Å². The van der Waals surface area contributed by atoms with Gasteiger partial charge < -0.3 is 19.5 Å². The van der Waals surface area contributed by atoms with Gasteiger partial charge >= 0.3 is 0 Å². The van der Waals surface area contributed by atoms with Gasteiger partial charge in [0.15, 0.2) is 0 Å². The Labute approximate surface area is 189 Å². The van der Waals surface area contributed by atoms with Crippen LogP contribution in [-0.4, -0.2) is 46.0 Å². The zero-order valence-corrected chi connectivity index (χ0v) is 18.7. The van der Waals surface area contributed by atoms with Gasteiger partial charge in [0.05, 0.1) is 19.1 Å². The topological polar surface area (TPSA) is 56.8 Å². The van der Waals surface area contributed by atoms with E-state index >= 15 is 0 Å². The Hall–Kier alpha value is -2.44. The highest BCUT2D eigenvalue weighted by Crippen LogP contribution is 2.36. The standard InChI is InChI=1S/C26H32FNO4/c1-30-24-9-8-22(27)15-23(24)21-6-4-19(5-7-21)16-26(10-13-31-14-11-26)25(29)28-17-20-3-2-12-32-18-20/h4-9,15,20H,2-3,10-14,16-18H2,1H3,(H,28,29)/t20-/m0/s1. The maximum absolute atomic E-state index is 13.8. The van der Waals surface area contributed by atoms with Gasteiger partial charge in [0, 0.05) is 31.9 Å². The summed E-state index contributed by atoms with van der Waals surface area (Å²) in [5.74, 6) is 0.838. The molecular formula is C26H32FNO4. The van der Waals surface area contributed by atoms with Gasteiger partial charge in [-0.3, -0.25) is 4.79 Å². The van der Waals surface area contributed by atoms with E-state index in [1.165, 1.54) is 12.1 Å². The van der Waals surface area contributed by atoms with Crippen molar-refractivity contribution >= 4 is 5.91 Å². The lowest BCUT2D eigenvalue weighted by atomic mass is 9.74. The second-order valence-corrected chi connectivity index (χ2v) is 8.90. The predicted octanol–water partition coefficient (Wildman–Crippen LogP) is 4.38. The molecule has 32 heavy (non-hydrogen) atoms. The molecule has 1 atom stereocenters. The van der Waals surface area contributed by atoms with Crippen LogP contribution in [0.15, 0.2) is 42.5 Å². The minimum absolute atomic E-state index is 0.113. The van der Waals surface area contributed by atoms with E-state index in [0.717, 1.165) is 37.2 Å². The minimum atomic E-state index is -0.466. The molecule has 1 N–H and O–H groups in total. The van der Waals surface area contributed by atoms with Crippen LogP contribution in [0.2, 0.25) is 0 Å². The average molecular weight is 442 g/mol. The monoisotopic (exact) mass is 441 g/mol. The van der Waals surface area contributed by atoms with Crippen LogP contribution in [0.4, 0.5) is 4.39 Å². The fraction of sp³-hybridized carbons (Fsp3) is 0.500. The molecule has 2 aromatic carbocycles. The van der Waals surface area contributed by atoms with Gasteiger partial charge in [-0.15, -0.1) is 0 Å². The molecule has 2 saturated heterocycles. The number of methoxy groups -OCH3 is 1. The summed E-state index contributed by atoms with van der Waals surface area (Å²) < 4.78 is 30.3. The van der Waals surface area contributed by atoms with E-state index in [2.05, 4.69) is 5.32 Å². The van der Waals surface area contributed by atoms with Crippen LogP contribution < -0.4 is 10.1 Å². The summed E-state index contributed by atoms with van der Waals surface area (Å²) >= 11 is 0. The van der Waals surface area contributed by atoms with Crippen molar-refractivity contribution in [3.63, 3.8) is 0 Å². The van der Waals surface area contributed by atoms with Crippen LogP contribution in [0, 0.1) is 17.2 Å². The van der Waals surface area contributed by atoms with Crippen molar-refractivity contribution in [1.82, 2.24) is 5.32 Å². The first-order valence-electron chi connectivity index (χ1n) is 11.5. The molecule has 4 rings (SSSR count). The third-order valence-electron chi connectivity index (χ3n) is 6.71. The molecule has 0 spiro atoms. The molecule has 0 aliphatic carbocycles. The first kappa shape index (κ1) is 22.7. The number of nitrogens with one attached hydrogen (secondary N) is 1. The van der Waals surface area contributed by atoms with E-state index in [1.807, 2.05) is 24.3 Å². The summed E-state index contributed by atoms with van der Waals surface area (Å²) in [7, 11) is 1.58. The Balaban J connectivity index is 1.48. The molecule has 2 heterocycles. The summed E-state index contributed by atoms with van der Waals surface area (Å²) in [6.45, 7) is 3.40. The fourth-order valence-corrected chi connectivity index (χ4v) is 4.74. The second kappa shape index (κ2) is 10.5. The third kappa shape index (κ3) is 5.30. The van der Waals surface area contributed by atoms with E-state index < -0.39 is 5.41 Å². The molecular weight excluding hydrogens is 409 g/mol. The highest BCUT2D eigenvalue weighted by Gasteiger charge is 2.40. The lowest BCUT2D eigenvalue weighted by Gasteiger charge is -2.36. The molecule has 0 radical (unpaired) electrons. The smallest absolute Gasteiger partial charge is 0.226 e. The molecule has 2 aromatic rings. The molecule has 5 nitrogen and oxygen atoms in total. The molecule has 2 fully saturated rings. The normalized spacial score (nSPS) is 20.5. The zero-order chi connectivity index (χ0) is 22.4. The first-order valence-corrected chi connectivity index (χ1v) is 11.5. The fourth-order valence-electron chi connectivity index (χ4n) is 4.74. The summed E-state index contributed by atoms with van der Waals surface area (Å²) in [6, 6.07) is 12.5. The van der Waals surface area contributed by atoms with E-state index in [0.29, 0.717) is 56.3 Å². The van der Waals surface area contributed by atoms with Gasteiger partial charge in [0.2, 0.25) is 5.91 Å². The molecule has 2 aliphatic rings. The quantitative estimate of drug-likeness (QED) is 0.693. The van der Waals surface area contributed by atoms with Crippen molar-refractivity contribution in [2.45, 2.75) is 32.1 Å². The molecule has 2 aliphatic heterocycles. The number of carbonyl (C=O) groups is 1. The van der Waals surface area contributed by atoms with Crippen molar-refractivity contribution < 1.29 is 23.4 Å². The summed E-state index contributed by atoms with van der Waals surface area (Å²) in [5, 5.41) is 3.21. The lowest BCUT2D eigenvalue weighted by Crippen LogP contribution is -2.47. The average Bonchev–Trinajstić information content (AvgIpc) is 2.84. The Kier molecular flexibility index (Phi) is 7.43. The number of carbonyl (C=O) groups excluding carboxylic acids is 1. The Morgan fingerprint density at radius 2 is 1.91 bits per heavy atom. The second-order valence-electron chi connectivity index (χ2n) is 8.90. The van der Waals surface area contributed by atoms with Crippen molar-refractivity contribution in [1.29, 1.82) is 0 Å². The van der Waals surface area contributed by atoms with Gasteiger partial charge in [-0.05, 0) is 67.3 Å². The Morgan fingerprint density at radius 3 is 2.59 bits per heavy atom. The first-order chi connectivity index (χ1) is 15.6. The van der Waals surface area contributed by atoms with Crippen LogP contribution in [-0.2, 0) is 20.7 Å². The number of ether oxygens (including phenoxy) is 3. The highest BCUT2D eigenvalue weighted by molar-refractivity contribution is 5.83. The van der Waals surface area contributed by atoms with E-state index in [-0.39, 0.29) is 11.7 Å². The van der Waals surface area contributed by atoms with Crippen molar-refractivity contribution in [2.24, 2.45) is 11.3 Å². The lowest BCUT2D eigenvalue weighted by molar-refractivity contribution is -0.137. The summed E-state index contributed by atoms with van der Waals surface area (Å²) in [6.07, 6.45) is 4.23. The number of hydrogen-bond donors (Lipinski definition) is 1. The van der Waals surface area contributed by atoms with Crippen LogP contribution in [0.3, 0.4) is 0 Å². The molecule has 0 saturated carbocycles. The van der Waals surface area contributed by atoms with Crippen LogP contribution in [0.25, 0.3) is 11.1 Å². The molecule has 172 valence electrons. The van der Waals surface area contributed by atoms with Crippen molar-refractivity contribution in [2.75, 3.05) is 40.1 Å². The summed E-state index contributed by atoms with van der Waals surface area (Å²) in [4.78, 5) is 13.3. The molecule has 0 unspecified atom stereocenters. The predicted molar refractivity (Wildman–Crippen MR) is 121 cm³/mol. The number of rotatable bonds is 7. The SMILES string of the molecule is COc1ccc(F)cc1-c1ccc(CC2(C(=O)NC[C@@H]3CCCOC3)CCOCC2)cc1. The van der Waals surface area contributed by atoms with Gasteiger partial charge in [-0.2, -0.15) is 0 Å². The highest BCUT2D eigenvalue weighted by atomic mass is 19.1. The maximum Gasteiger partial charge on any atom is 0.226 e. The van der Waals surface area contributed by atoms with Gasteiger partial charge in [0.25, 0.3) is 0 Å². The largest absolute Gasteiger partial charge is 0.496 e. The van der Waals surface area contributed by atoms with Crippen LogP contribution in [0.1, 0.15) is 31.2 Å². The van der Waals surface area contributed by atoms with Gasteiger partial charge in [-0.25, -0.2) is 4.39 Å². The number of benzene rings is 2. The molecule has 0 bridgehead atoms. The molecule has 6 heteroatoms. The Morgan fingerprint density at radius 1 is 1.12 bits per heavy atom. The molecule has 1 amide bonds. The van der Waals surface area contributed by atoms with Gasteiger partial charge in [0.1, 0.15) is 11.6 Å². The van der Waals surface area contributed by atoms with Crippen molar-refractivity contribution in [3.8, 4) is 16.9 Å². The van der Waals surface area contributed by atoms with E-state index in [4.69, 9.17) is 14.2 Å². The molecule has 0 aromatic heterocycles. The van der Waals surface area contributed by atoms with E-state index in [9.17, 15) is 9.18 Å². The number of hydrogen-bond acceptors (Lipinski definition) is 4. The minimum Gasteiger partial charge on any atom is -0.496 e.